The summed E-state index contributed by atoms with van der Waals surface area (Å²) in [6, 6.07) is 10.1. The van der Waals surface area contributed by atoms with E-state index in [-0.39, 0.29) is 12.5 Å². The molecular formula is C34H58O10. The molecule has 0 bridgehead atoms. The molecule has 254 valence electrons. The summed E-state index contributed by atoms with van der Waals surface area (Å²) in [7, 11) is 0. The van der Waals surface area contributed by atoms with Crippen LogP contribution >= 0.6 is 0 Å². The topological polar surface area (TPSA) is 119 Å². The van der Waals surface area contributed by atoms with Gasteiger partial charge in [-0.15, -0.1) is 0 Å². The maximum Gasteiger partial charge on any atom is 0.303 e. The smallest absolute Gasteiger partial charge is 0.303 e. The molecule has 0 aromatic heterocycles. The Bertz CT molecular complexity index is 749. The second kappa shape index (κ2) is 32.5. The zero-order valence-corrected chi connectivity index (χ0v) is 26.8. The number of benzene rings is 1. The first-order valence-electron chi connectivity index (χ1n) is 16.5. The second-order valence-electron chi connectivity index (χ2n) is 10.7. The summed E-state index contributed by atoms with van der Waals surface area (Å²) in [6.07, 6.45) is 11.6. The first-order chi connectivity index (χ1) is 21.7. The SMILES string of the molecule is O=CCCCCCCCOC(COCCCCCCCC(=O)O)COCCOCCOCCOCCOCc1ccccc1. The minimum atomic E-state index is -0.728. The van der Waals surface area contributed by atoms with Crippen LogP contribution in [0.4, 0.5) is 0 Å². The highest BCUT2D eigenvalue weighted by atomic mass is 16.6. The molecule has 44 heavy (non-hydrogen) atoms. The fraction of sp³-hybridized carbons (Fsp3) is 0.765. The van der Waals surface area contributed by atoms with Crippen molar-refractivity contribution in [2.24, 2.45) is 0 Å². The molecule has 1 unspecified atom stereocenters. The molecular weight excluding hydrogens is 568 g/mol. The maximum atomic E-state index is 10.6. The Morgan fingerprint density at radius 3 is 1.70 bits per heavy atom. The molecule has 1 rings (SSSR count). The van der Waals surface area contributed by atoms with Crippen molar-refractivity contribution in [1.82, 2.24) is 0 Å². The third-order valence-electron chi connectivity index (χ3n) is 6.71. The molecule has 0 amide bonds. The number of ether oxygens (including phenoxy) is 7. The molecule has 0 fully saturated rings. The van der Waals surface area contributed by atoms with Crippen LogP contribution in [0, 0.1) is 0 Å². The van der Waals surface area contributed by atoms with E-state index >= 15 is 0 Å². The summed E-state index contributed by atoms with van der Waals surface area (Å²) < 4.78 is 39.9. The van der Waals surface area contributed by atoms with Crippen molar-refractivity contribution in [2.45, 2.75) is 89.8 Å². The largest absolute Gasteiger partial charge is 0.481 e. The van der Waals surface area contributed by atoms with E-state index in [1.165, 1.54) is 0 Å². The molecule has 0 saturated heterocycles. The van der Waals surface area contributed by atoms with Gasteiger partial charge in [0.2, 0.25) is 0 Å². The number of carboxylic acid groups (broad SMARTS) is 1. The van der Waals surface area contributed by atoms with Gasteiger partial charge in [-0.2, -0.15) is 0 Å². The minimum Gasteiger partial charge on any atom is -0.481 e. The van der Waals surface area contributed by atoms with E-state index in [9.17, 15) is 9.59 Å². The maximum absolute atomic E-state index is 10.6. The molecule has 0 heterocycles. The molecule has 1 aromatic rings. The highest BCUT2D eigenvalue weighted by Gasteiger charge is 2.10. The summed E-state index contributed by atoms with van der Waals surface area (Å²) in [5.74, 6) is -0.728. The summed E-state index contributed by atoms with van der Waals surface area (Å²) >= 11 is 0. The predicted molar refractivity (Wildman–Crippen MR) is 169 cm³/mol. The van der Waals surface area contributed by atoms with Crippen LogP contribution in [-0.2, 0) is 49.4 Å². The van der Waals surface area contributed by atoms with Crippen molar-refractivity contribution in [3.05, 3.63) is 35.9 Å². The van der Waals surface area contributed by atoms with Gasteiger partial charge < -0.3 is 43.1 Å². The highest BCUT2D eigenvalue weighted by Crippen LogP contribution is 2.08. The van der Waals surface area contributed by atoms with Gasteiger partial charge in [-0.3, -0.25) is 4.79 Å². The quantitative estimate of drug-likeness (QED) is 0.0749. The van der Waals surface area contributed by atoms with Gasteiger partial charge in [0.05, 0.1) is 72.7 Å². The molecule has 1 aromatic carbocycles. The summed E-state index contributed by atoms with van der Waals surface area (Å²) in [5, 5.41) is 8.70. The van der Waals surface area contributed by atoms with Crippen LogP contribution in [-0.4, -0.2) is 103 Å². The summed E-state index contributed by atoms with van der Waals surface area (Å²) in [6.45, 7) is 6.91. The van der Waals surface area contributed by atoms with Crippen LogP contribution in [0.3, 0.4) is 0 Å². The lowest BCUT2D eigenvalue weighted by Crippen LogP contribution is -2.27. The number of carboxylic acids is 1. The monoisotopic (exact) mass is 626 g/mol. The average molecular weight is 627 g/mol. The van der Waals surface area contributed by atoms with Crippen LogP contribution in [0.5, 0.6) is 0 Å². The van der Waals surface area contributed by atoms with Gasteiger partial charge in [0, 0.05) is 26.1 Å². The molecule has 0 spiro atoms. The lowest BCUT2D eigenvalue weighted by atomic mass is 10.1. The van der Waals surface area contributed by atoms with Gasteiger partial charge in [-0.05, 0) is 31.2 Å². The normalized spacial score (nSPS) is 12.0. The van der Waals surface area contributed by atoms with E-state index in [0.29, 0.717) is 92.3 Å². The van der Waals surface area contributed by atoms with Crippen molar-refractivity contribution in [3.63, 3.8) is 0 Å². The lowest BCUT2D eigenvalue weighted by molar-refractivity contribution is -0.137. The Balaban J connectivity index is 2.01. The van der Waals surface area contributed by atoms with Crippen LogP contribution in [0.2, 0.25) is 0 Å². The van der Waals surface area contributed by atoms with Crippen molar-refractivity contribution in [2.75, 3.05) is 79.3 Å². The van der Waals surface area contributed by atoms with E-state index < -0.39 is 5.97 Å². The molecule has 10 heteroatoms. The molecule has 0 radical (unpaired) electrons. The van der Waals surface area contributed by atoms with Crippen LogP contribution in [0.1, 0.15) is 82.6 Å². The van der Waals surface area contributed by atoms with Crippen LogP contribution in [0.15, 0.2) is 30.3 Å². The molecule has 0 aliphatic heterocycles. The Hall–Kier alpha value is -1.92. The van der Waals surface area contributed by atoms with Crippen molar-refractivity contribution >= 4 is 12.3 Å². The standard InChI is InChI=1S/C34H58O10/c35-18-12-5-1-2-7-14-20-44-33(30-41-19-13-6-3-4-11-17-34(36)37)31-43-28-26-40-24-22-38-21-23-39-25-27-42-29-32-15-9-8-10-16-32/h8-10,15-16,18,33H,1-7,11-14,17,19-31H2,(H,36,37). The fourth-order valence-electron chi connectivity index (χ4n) is 4.24. The molecule has 0 saturated carbocycles. The van der Waals surface area contributed by atoms with E-state index in [1.807, 2.05) is 30.3 Å². The number of carbonyl (C=O) groups excluding carboxylic acids is 1. The van der Waals surface area contributed by atoms with E-state index in [0.717, 1.165) is 76.1 Å². The number of unbranched alkanes of at least 4 members (excludes halogenated alkanes) is 9. The first kappa shape index (κ1) is 40.1. The molecule has 0 aliphatic carbocycles. The molecule has 1 atom stereocenters. The number of carbonyl (C=O) groups is 2. The zero-order chi connectivity index (χ0) is 31.6. The number of hydrogen-bond acceptors (Lipinski definition) is 9. The Kier molecular flexibility index (Phi) is 29.6. The van der Waals surface area contributed by atoms with Crippen LogP contribution in [0.25, 0.3) is 0 Å². The molecule has 0 aliphatic rings. The third kappa shape index (κ3) is 28.8. The Morgan fingerprint density at radius 2 is 1.09 bits per heavy atom. The first-order valence-corrected chi connectivity index (χ1v) is 16.5. The fourth-order valence-corrected chi connectivity index (χ4v) is 4.24. The second-order valence-corrected chi connectivity index (χ2v) is 10.7. The van der Waals surface area contributed by atoms with Gasteiger partial charge in [-0.1, -0.05) is 68.9 Å². The molecule has 1 N–H and O–H groups in total. The number of aldehydes is 1. The van der Waals surface area contributed by atoms with Gasteiger partial charge in [0.25, 0.3) is 0 Å². The zero-order valence-electron chi connectivity index (χ0n) is 26.8. The number of aliphatic carboxylic acids is 1. The van der Waals surface area contributed by atoms with E-state index in [1.54, 1.807) is 0 Å². The highest BCUT2D eigenvalue weighted by molar-refractivity contribution is 5.66. The summed E-state index contributed by atoms with van der Waals surface area (Å²) in [4.78, 5) is 21.0. The number of rotatable bonds is 35. The predicted octanol–water partition coefficient (Wildman–Crippen LogP) is 5.64. The van der Waals surface area contributed by atoms with Gasteiger partial charge in [0.1, 0.15) is 12.4 Å². The Labute approximate surface area is 265 Å². The van der Waals surface area contributed by atoms with Gasteiger partial charge >= 0.3 is 5.97 Å². The van der Waals surface area contributed by atoms with Crippen molar-refractivity contribution in [1.29, 1.82) is 0 Å². The van der Waals surface area contributed by atoms with E-state index in [4.69, 9.17) is 38.3 Å². The van der Waals surface area contributed by atoms with Crippen molar-refractivity contribution < 1.29 is 47.9 Å². The number of hydrogen-bond donors (Lipinski definition) is 1. The minimum absolute atomic E-state index is 0.132. The van der Waals surface area contributed by atoms with E-state index in [2.05, 4.69) is 0 Å². The summed E-state index contributed by atoms with van der Waals surface area (Å²) in [5.41, 5.74) is 1.15. The van der Waals surface area contributed by atoms with Gasteiger partial charge in [0.15, 0.2) is 0 Å². The average Bonchev–Trinajstić information content (AvgIpc) is 3.03. The lowest BCUT2D eigenvalue weighted by Gasteiger charge is -2.18. The Morgan fingerprint density at radius 1 is 0.591 bits per heavy atom. The third-order valence-corrected chi connectivity index (χ3v) is 6.71. The van der Waals surface area contributed by atoms with Gasteiger partial charge in [-0.25, -0.2) is 0 Å². The molecule has 10 nitrogen and oxygen atoms in total. The van der Waals surface area contributed by atoms with Crippen molar-refractivity contribution in [3.8, 4) is 0 Å². The van der Waals surface area contributed by atoms with Crippen LogP contribution < -0.4 is 0 Å².